The third-order valence-corrected chi connectivity index (χ3v) is 2.77. The van der Waals surface area contributed by atoms with Crippen LogP contribution in [-0.2, 0) is 11.7 Å². The largest absolute Gasteiger partial charge is 0.561 e. The summed E-state index contributed by atoms with van der Waals surface area (Å²) in [6.07, 6.45) is 1.06. The third-order valence-electron chi connectivity index (χ3n) is 2.77. The van der Waals surface area contributed by atoms with Crippen molar-refractivity contribution >= 4 is 6.92 Å². The van der Waals surface area contributed by atoms with Crippen LogP contribution in [0.25, 0.3) is 0 Å². The van der Waals surface area contributed by atoms with Crippen molar-refractivity contribution in [1.29, 1.82) is 0 Å². The van der Waals surface area contributed by atoms with Crippen LogP contribution in [0.4, 0.5) is 0 Å². The van der Waals surface area contributed by atoms with Gasteiger partial charge in [0.1, 0.15) is 5.75 Å². The second-order valence-electron chi connectivity index (χ2n) is 5.21. The van der Waals surface area contributed by atoms with Crippen LogP contribution >= 0.6 is 0 Å². The standard InChI is InChI=1S/C12H17BO/c1-12(2,3)10-6-5-9-8-13(4)14-11(9)7-10/h5-7H,8H2,1-4H3. The molecule has 14 heavy (non-hydrogen) atoms. The molecule has 0 aromatic heterocycles. The summed E-state index contributed by atoms with van der Waals surface area (Å²) in [7, 11) is 0. The minimum absolute atomic E-state index is 0.213. The van der Waals surface area contributed by atoms with Gasteiger partial charge < -0.3 is 4.65 Å². The van der Waals surface area contributed by atoms with E-state index in [1.807, 2.05) is 0 Å². The Morgan fingerprint density at radius 1 is 1.29 bits per heavy atom. The van der Waals surface area contributed by atoms with Crippen molar-refractivity contribution in [3.05, 3.63) is 29.3 Å². The quantitative estimate of drug-likeness (QED) is 0.568. The van der Waals surface area contributed by atoms with E-state index in [2.05, 4.69) is 45.8 Å². The number of hydrogen-bond acceptors (Lipinski definition) is 1. The van der Waals surface area contributed by atoms with Crippen LogP contribution in [0.2, 0.25) is 6.82 Å². The lowest BCUT2D eigenvalue weighted by atomic mass is 9.68. The predicted molar refractivity (Wildman–Crippen MR) is 61.1 cm³/mol. The zero-order valence-electron chi connectivity index (χ0n) is 9.42. The highest BCUT2D eigenvalue weighted by Crippen LogP contribution is 2.32. The molecule has 0 atom stereocenters. The Hall–Kier alpha value is -0.915. The molecule has 0 aliphatic carbocycles. The molecule has 74 valence electrons. The Bertz CT molecular complexity index is 352. The molecule has 1 aromatic rings. The summed E-state index contributed by atoms with van der Waals surface area (Å²) < 4.78 is 5.74. The van der Waals surface area contributed by atoms with E-state index in [1.54, 1.807) is 0 Å². The Morgan fingerprint density at radius 3 is 2.64 bits per heavy atom. The Balaban J connectivity index is 2.38. The minimum atomic E-state index is 0.213. The van der Waals surface area contributed by atoms with Crippen LogP contribution in [0.15, 0.2) is 18.2 Å². The van der Waals surface area contributed by atoms with Crippen LogP contribution in [0.1, 0.15) is 31.9 Å². The van der Waals surface area contributed by atoms with Gasteiger partial charge in [-0.3, -0.25) is 0 Å². The molecule has 0 saturated heterocycles. The first-order valence-electron chi connectivity index (χ1n) is 5.27. The average Bonchev–Trinajstić information content (AvgIpc) is 2.41. The van der Waals surface area contributed by atoms with E-state index in [1.165, 1.54) is 11.1 Å². The fourth-order valence-corrected chi connectivity index (χ4v) is 1.87. The first-order chi connectivity index (χ1) is 6.47. The second kappa shape index (κ2) is 3.04. The number of hydrogen-bond donors (Lipinski definition) is 0. The Morgan fingerprint density at radius 2 is 2.00 bits per heavy atom. The smallest absolute Gasteiger partial charge is 0.359 e. The topological polar surface area (TPSA) is 9.23 Å². The van der Waals surface area contributed by atoms with Crippen molar-refractivity contribution in [3.63, 3.8) is 0 Å². The summed E-state index contributed by atoms with van der Waals surface area (Å²) in [5, 5.41) is 0. The zero-order valence-corrected chi connectivity index (χ0v) is 9.42. The average molecular weight is 188 g/mol. The van der Waals surface area contributed by atoms with E-state index in [0.29, 0.717) is 6.92 Å². The zero-order chi connectivity index (χ0) is 10.3. The molecular weight excluding hydrogens is 171 g/mol. The van der Waals surface area contributed by atoms with Gasteiger partial charge in [-0.15, -0.1) is 0 Å². The van der Waals surface area contributed by atoms with Crippen molar-refractivity contribution in [2.45, 2.75) is 39.3 Å². The van der Waals surface area contributed by atoms with E-state index in [0.717, 1.165) is 12.1 Å². The van der Waals surface area contributed by atoms with Crippen LogP contribution in [0.5, 0.6) is 5.75 Å². The van der Waals surface area contributed by atoms with Gasteiger partial charge in [0.15, 0.2) is 0 Å². The fourth-order valence-electron chi connectivity index (χ4n) is 1.87. The molecule has 1 heterocycles. The van der Waals surface area contributed by atoms with Crippen LogP contribution < -0.4 is 4.65 Å². The minimum Gasteiger partial charge on any atom is -0.561 e. The summed E-state index contributed by atoms with van der Waals surface area (Å²) in [6.45, 7) is 9.16. The Labute approximate surface area is 86.6 Å². The maximum atomic E-state index is 5.74. The highest BCUT2D eigenvalue weighted by molar-refractivity contribution is 6.51. The molecule has 2 heteroatoms. The van der Waals surface area contributed by atoms with Crippen molar-refractivity contribution < 1.29 is 4.65 Å². The van der Waals surface area contributed by atoms with E-state index < -0.39 is 0 Å². The lowest BCUT2D eigenvalue weighted by molar-refractivity contribution is 0.569. The molecule has 0 amide bonds. The molecule has 1 aromatic carbocycles. The molecule has 0 bridgehead atoms. The van der Waals surface area contributed by atoms with Gasteiger partial charge in [-0.05, 0) is 35.8 Å². The molecule has 0 spiro atoms. The number of fused-ring (bicyclic) bond motifs is 1. The van der Waals surface area contributed by atoms with Gasteiger partial charge in [0.2, 0.25) is 0 Å². The van der Waals surface area contributed by atoms with Crippen LogP contribution in [0.3, 0.4) is 0 Å². The SMILES string of the molecule is CB1Cc2ccc(C(C)(C)C)cc2O1. The lowest BCUT2D eigenvalue weighted by Gasteiger charge is -2.19. The van der Waals surface area contributed by atoms with Crippen LogP contribution in [-0.4, -0.2) is 6.92 Å². The molecule has 1 nitrogen and oxygen atoms in total. The summed E-state index contributed by atoms with van der Waals surface area (Å²) in [5.74, 6) is 1.09. The van der Waals surface area contributed by atoms with Gasteiger partial charge in [0.25, 0.3) is 0 Å². The fraction of sp³-hybridized carbons (Fsp3) is 0.500. The predicted octanol–water partition coefficient (Wildman–Crippen LogP) is 3.08. The maximum Gasteiger partial charge on any atom is 0.359 e. The van der Waals surface area contributed by atoms with Gasteiger partial charge in [-0.2, -0.15) is 0 Å². The lowest BCUT2D eigenvalue weighted by Crippen LogP contribution is -2.13. The van der Waals surface area contributed by atoms with E-state index in [4.69, 9.17) is 4.65 Å². The van der Waals surface area contributed by atoms with Crippen molar-refractivity contribution in [2.24, 2.45) is 0 Å². The molecule has 1 aliphatic heterocycles. The molecule has 0 radical (unpaired) electrons. The second-order valence-corrected chi connectivity index (χ2v) is 5.21. The molecule has 2 rings (SSSR count). The van der Waals surface area contributed by atoms with Gasteiger partial charge in [0, 0.05) is 0 Å². The summed E-state index contributed by atoms with van der Waals surface area (Å²) in [4.78, 5) is 0. The summed E-state index contributed by atoms with van der Waals surface area (Å²) in [6, 6.07) is 6.62. The van der Waals surface area contributed by atoms with Crippen molar-refractivity contribution in [2.75, 3.05) is 0 Å². The van der Waals surface area contributed by atoms with Crippen molar-refractivity contribution in [1.82, 2.24) is 0 Å². The molecule has 0 fully saturated rings. The van der Waals surface area contributed by atoms with Gasteiger partial charge in [-0.1, -0.05) is 32.9 Å². The number of rotatable bonds is 0. The monoisotopic (exact) mass is 188 g/mol. The van der Waals surface area contributed by atoms with Crippen LogP contribution in [0, 0.1) is 0 Å². The maximum absolute atomic E-state index is 5.74. The third kappa shape index (κ3) is 1.66. The molecule has 0 unspecified atom stereocenters. The van der Waals surface area contributed by atoms with Crippen molar-refractivity contribution in [3.8, 4) is 5.75 Å². The van der Waals surface area contributed by atoms with E-state index >= 15 is 0 Å². The van der Waals surface area contributed by atoms with E-state index in [9.17, 15) is 0 Å². The normalized spacial score (nSPS) is 15.3. The summed E-state index contributed by atoms with van der Waals surface area (Å²) in [5.41, 5.74) is 2.92. The molecule has 0 N–H and O–H groups in total. The Kier molecular flexibility index (Phi) is 2.09. The molecular formula is C12H17BO. The summed E-state index contributed by atoms with van der Waals surface area (Å²) >= 11 is 0. The number of benzene rings is 1. The van der Waals surface area contributed by atoms with Gasteiger partial charge in [-0.25, -0.2) is 0 Å². The highest BCUT2D eigenvalue weighted by Gasteiger charge is 2.24. The highest BCUT2D eigenvalue weighted by atomic mass is 16.4. The molecule has 0 saturated carbocycles. The first kappa shape index (κ1) is 9.63. The first-order valence-corrected chi connectivity index (χ1v) is 5.27. The van der Waals surface area contributed by atoms with E-state index in [-0.39, 0.29) is 5.41 Å². The van der Waals surface area contributed by atoms with Gasteiger partial charge >= 0.3 is 6.92 Å². The molecule has 1 aliphatic rings. The van der Waals surface area contributed by atoms with Gasteiger partial charge in [0.05, 0.1) is 0 Å².